The van der Waals surface area contributed by atoms with Crippen molar-refractivity contribution < 1.29 is 13.9 Å². The van der Waals surface area contributed by atoms with Crippen LogP contribution in [0.2, 0.25) is 0 Å². The normalized spacial score (nSPS) is 11.8. The van der Waals surface area contributed by atoms with Crippen molar-refractivity contribution in [3.05, 3.63) is 70.5 Å². The highest BCUT2D eigenvalue weighted by molar-refractivity contribution is 9.10. The largest absolute Gasteiger partial charge is 0.490 e. The van der Waals surface area contributed by atoms with E-state index < -0.39 is 0 Å². The fourth-order valence-electron chi connectivity index (χ4n) is 2.43. The van der Waals surface area contributed by atoms with Crippen LogP contribution in [0, 0.1) is 5.82 Å². The van der Waals surface area contributed by atoms with Gasteiger partial charge in [0.2, 0.25) is 0 Å². The summed E-state index contributed by atoms with van der Waals surface area (Å²) in [6.45, 7) is 9.19. The predicted molar refractivity (Wildman–Crippen MR) is 103 cm³/mol. The van der Waals surface area contributed by atoms with Gasteiger partial charge in [0.05, 0.1) is 11.1 Å². The van der Waals surface area contributed by atoms with Gasteiger partial charge in [0.1, 0.15) is 12.4 Å². The number of benzene rings is 2. The van der Waals surface area contributed by atoms with E-state index in [0.717, 1.165) is 15.6 Å². The molecule has 0 amide bonds. The van der Waals surface area contributed by atoms with Crippen LogP contribution in [0.25, 0.3) is 0 Å². The third-order valence-corrected chi connectivity index (χ3v) is 4.26. The topological polar surface area (TPSA) is 30.5 Å². The van der Waals surface area contributed by atoms with Gasteiger partial charge in [-0.15, -0.1) is 0 Å². The second-order valence-corrected chi connectivity index (χ2v) is 6.45. The predicted octanol–water partition coefficient (Wildman–Crippen LogP) is 5.40. The molecule has 0 spiro atoms. The van der Waals surface area contributed by atoms with E-state index in [0.29, 0.717) is 31.3 Å². The van der Waals surface area contributed by atoms with Crippen LogP contribution in [-0.4, -0.2) is 13.2 Å². The highest BCUT2D eigenvalue weighted by Gasteiger charge is 2.13. The zero-order valence-electron chi connectivity index (χ0n) is 14.5. The Bertz CT molecular complexity index is 721. The molecule has 0 unspecified atom stereocenters. The fraction of sp³-hybridized carbons (Fsp3) is 0.300. The standard InChI is InChI=1S/C20H23BrFNO2/c1-4-9-25-20-18(21)10-15(11-19(20)24-5-2)13-23-14(3)16-7-6-8-17(22)12-16/h4,6-8,10-12,14,23H,1,5,9,13H2,2-3H3/t14-/m0/s1. The summed E-state index contributed by atoms with van der Waals surface area (Å²) in [6, 6.07) is 10.6. The molecule has 1 N–H and O–H groups in total. The first-order valence-corrected chi connectivity index (χ1v) is 9.02. The highest BCUT2D eigenvalue weighted by Crippen LogP contribution is 2.37. The Morgan fingerprint density at radius 1 is 1.28 bits per heavy atom. The maximum absolute atomic E-state index is 13.4. The lowest BCUT2D eigenvalue weighted by atomic mass is 10.1. The fourth-order valence-corrected chi connectivity index (χ4v) is 3.04. The van der Waals surface area contributed by atoms with Gasteiger partial charge >= 0.3 is 0 Å². The monoisotopic (exact) mass is 407 g/mol. The minimum Gasteiger partial charge on any atom is -0.490 e. The van der Waals surface area contributed by atoms with Crippen molar-refractivity contribution in [2.45, 2.75) is 26.4 Å². The number of hydrogen-bond donors (Lipinski definition) is 1. The molecule has 0 heterocycles. The van der Waals surface area contributed by atoms with Crippen LogP contribution in [-0.2, 0) is 6.54 Å². The second kappa shape index (κ2) is 9.59. The molecule has 0 saturated carbocycles. The molecule has 0 radical (unpaired) electrons. The Hall–Kier alpha value is -1.85. The van der Waals surface area contributed by atoms with E-state index in [1.807, 2.05) is 32.0 Å². The molecule has 3 nitrogen and oxygen atoms in total. The Morgan fingerprint density at radius 2 is 2.08 bits per heavy atom. The van der Waals surface area contributed by atoms with Gasteiger partial charge in [-0.25, -0.2) is 4.39 Å². The van der Waals surface area contributed by atoms with Gasteiger partial charge in [-0.3, -0.25) is 0 Å². The zero-order valence-corrected chi connectivity index (χ0v) is 16.1. The summed E-state index contributed by atoms with van der Waals surface area (Å²) >= 11 is 3.54. The van der Waals surface area contributed by atoms with Crippen LogP contribution < -0.4 is 14.8 Å². The molecule has 0 aliphatic heterocycles. The zero-order chi connectivity index (χ0) is 18.2. The van der Waals surface area contributed by atoms with Gasteiger partial charge in [0, 0.05) is 12.6 Å². The first-order chi connectivity index (χ1) is 12.0. The smallest absolute Gasteiger partial charge is 0.175 e. The molecular formula is C20H23BrFNO2. The van der Waals surface area contributed by atoms with E-state index in [1.165, 1.54) is 6.07 Å². The van der Waals surface area contributed by atoms with Crippen LogP contribution in [0.15, 0.2) is 53.5 Å². The molecule has 5 heteroatoms. The molecule has 0 aliphatic carbocycles. The van der Waals surface area contributed by atoms with Crippen molar-refractivity contribution in [3.63, 3.8) is 0 Å². The van der Waals surface area contributed by atoms with Crippen molar-refractivity contribution in [1.82, 2.24) is 5.32 Å². The Morgan fingerprint density at radius 3 is 2.76 bits per heavy atom. The van der Waals surface area contributed by atoms with Crippen molar-refractivity contribution in [2.24, 2.45) is 0 Å². The van der Waals surface area contributed by atoms with Crippen LogP contribution >= 0.6 is 15.9 Å². The van der Waals surface area contributed by atoms with E-state index in [1.54, 1.807) is 18.2 Å². The van der Waals surface area contributed by atoms with E-state index in [-0.39, 0.29) is 11.9 Å². The summed E-state index contributed by atoms with van der Waals surface area (Å²) < 4.78 is 25.6. The van der Waals surface area contributed by atoms with Crippen LogP contribution in [0.1, 0.15) is 31.0 Å². The first-order valence-electron chi connectivity index (χ1n) is 8.23. The minimum atomic E-state index is -0.226. The Labute approximate surface area is 157 Å². The third-order valence-electron chi connectivity index (χ3n) is 3.68. The molecule has 0 aliphatic rings. The summed E-state index contributed by atoms with van der Waals surface area (Å²) in [5.41, 5.74) is 1.96. The van der Waals surface area contributed by atoms with Gasteiger partial charge in [-0.2, -0.15) is 0 Å². The molecule has 0 aromatic heterocycles. The van der Waals surface area contributed by atoms with E-state index in [9.17, 15) is 4.39 Å². The highest BCUT2D eigenvalue weighted by atomic mass is 79.9. The van der Waals surface area contributed by atoms with Crippen molar-refractivity contribution in [2.75, 3.05) is 13.2 Å². The van der Waals surface area contributed by atoms with Gasteiger partial charge in [-0.05, 0) is 65.2 Å². The van der Waals surface area contributed by atoms with E-state index in [2.05, 4.69) is 27.8 Å². The van der Waals surface area contributed by atoms with Crippen molar-refractivity contribution in [1.29, 1.82) is 0 Å². The Kier molecular flexibility index (Phi) is 7.47. The lowest BCUT2D eigenvalue weighted by Crippen LogP contribution is -2.18. The molecule has 2 aromatic rings. The lowest BCUT2D eigenvalue weighted by molar-refractivity contribution is 0.295. The van der Waals surface area contributed by atoms with Crippen molar-refractivity contribution in [3.8, 4) is 11.5 Å². The molecule has 1 atom stereocenters. The lowest BCUT2D eigenvalue weighted by Gasteiger charge is -2.17. The molecule has 25 heavy (non-hydrogen) atoms. The molecule has 2 aromatic carbocycles. The SMILES string of the molecule is C=CCOc1c(Br)cc(CN[C@@H](C)c2cccc(F)c2)cc1OCC. The Balaban J connectivity index is 2.12. The van der Waals surface area contributed by atoms with Gasteiger partial charge in [0.15, 0.2) is 11.5 Å². The van der Waals surface area contributed by atoms with E-state index in [4.69, 9.17) is 9.47 Å². The average molecular weight is 408 g/mol. The molecular weight excluding hydrogens is 385 g/mol. The van der Waals surface area contributed by atoms with Crippen LogP contribution in [0.5, 0.6) is 11.5 Å². The maximum Gasteiger partial charge on any atom is 0.175 e. The molecule has 0 saturated heterocycles. The quantitative estimate of drug-likeness (QED) is 0.564. The molecule has 0 bridgehead atoms. The van der Waals surface area contributed by atoms with Crippen LogP contribution in [0.3, 0.4) is 0 Å². The number of hydrogen-bond acceptors (Lipinski definition) is 3. The number of halogens is 2. The average Bonchev–Trinajstić information content (AvgIpc) is 2.59. The number of nitrogens with one attached hydrogen (secondary N) is 1. The first kappa shape index (κ1) is 19.5. The molecule has 2 rings (SSSR count). The van der Waals surface area contributed by atoms with E-state index >= 15 is 0 Å². The van der Waals surface area contributed by atoms with Crippen LogP contribution in [0.4, 0.5) is 4.39 Å². The summed E-state index contributed by atoms with van der Waals surface area (Å²) in [5, 5.41) is 3.40. The second-order valence-electron chi connectivity index (χ2n) is 5.60. The summed E-state index contributed by atoms with van der Waals surface area (Å²) in [7, 11) is 0. The van der Waals surface area contributed by atoms with Gasteiger partial charge < -0.3 is 14.8 Å². The number of ether oxygens (including phenoxy) is 2. The molecule has 134 valence electrons. The van der Waals surface area contributed by atoms with Gasteiger partial charge in [-0.1, -0.05) is 24.8 Å². The summed E-state index contributed by atoms with van der Waals surface area (Å²) in [4.78, 5) is 0. The van der Waals surface area contributed by atoms with Gasteiger partial charge in [0.25, 0.3) is 0 Å². The molecule has 0 fully saturated rings. The minimum absolute atomic E-state index is 0.0294. The summed E-state index contributed by atoms with van der Waals surface area (Å²) in [5.74, 6) is 1.13. The number of rotatable bonds is 9. The maximum atomic E-state index is 13.4. The van der Waals surface area contributed by atoms with Crippen molar-refractivity contribution >= 4 is 15.9 Å². The summed E-state index contributed by atoms with van der Waals surface area (Å²) in [6.07, 6.45) is 1.69. The third kappa shape index (κ3) is 5.58.